The monoisotopic (exact) mass is 455 g/mol. The van der Waals surface area contributed by atoms with E-state index in [9.17, 15) is 18.8 Å². The number of hydrogen-bond donors (Lipinski definition) is 2. The highest BCUT2D eigenvalue weighted by Gasteiger charge is 2.54. The van der Waals surface area contributed by atoms with Crippen LogP contribution in [-0.4, -0.2) is 62.8 Å². The van der Waals surface area contributed by atoms with Gasteiger partial charge in [0.25, 0.3) is 5.91 Å². The van der Waals surface area contributed by atoms with Gasteiger partial charge in [0.2, 0.25) is 5.91 Å². The lowest BCUT2D eigenvalue weighted by Gasteiger charge is -2.40. The second-order valence-electron chi connectivity index (χ2n) is 9.10. The molecule has 0 unspecified atom stereocenters. The third-order valence-corrected chi connectivity index (χ3v) is 6.80. The number of halogens is 1. The summed E-state index contributed by atoms with van der Waals surface area (Å²) in [6.45, 7) is 8.83. The van der Waals surface area contributed by atoms with Crippen molar-refractivity contribution in [3.8, 4) is 0 Å². The van der Waals surface area contributed by atoms with Gasteiger partial charge in [-0.15, -0.1) is 0 Å². The molecule has 2 N–H and O–H groups in total. The highest BCUT2D eigenvalue weighted by molar-refractivity contribution is 6.07. The summed E-state index contributed by atoms with van der Waals surface area (Å²) in [7, 11) is 0. The quantitative estimate of drug-likeness (QED) is 0.495. The highest BCUT2D eigenvalue weighted by atomic mass is 19.1. The molecule has 2 fully saturated rings. The van der Waals surface area contributed by atoms with Crippen molar-refractivity contribution in [2.24, 2.45) is 5.92 Å². The Balaban J connectivity index is 1.34. The van der Waals surface area contributed by atoms with Crippen LogP contribution in [0.1, 0.15) is 45.4 Å². The predicted molar refractivity (Wildman–Crippen MR) is 122 cm³/mol. The molecule has 176 valence electrons. The molecule has 1 atom stereocenters. The van der Waals surface area contributed by atoms with Gasteiger partial charge >= 0.3 is 6.03 Å². The molecule has 1 aromatic carbocycles. The van der Waals surface area contributed by atoms with Crippen LogP contribution >= 0.6 is 0 Å². The number of aromatic amines is 1. The molecule has 0 radical (unpaired) electrons. The Hall–Kier alpha value is -3.23. The minimum Gasteiger partial charge on any atom is -0.343 e. The number of imidazole rings is 1. The van der Waals surface area contributed by atoms with Crippen molar-refractivity contribution in [3.05, 3.63) is 42.0 Å². The molecule has 0 spiro atoms. The number of H-pyrrole nitrogens is 1. The van der Waals surface area contributed by atoms with Gasteiger partial charge in [-0.3, -0.25) is 14.5 Å². The Morgan fingerprint density at radius 3 is 2.70 bits per heavy atom. The second kappa shape index (κ2) is 8.96. The van der Waals surface area contributed by atoms with Crippen molar-refractivity contribution in [3.63, 3.8) is 0 Å². The fourth-order valence-electron chi connectivity index (χ4n) is 5.02. The minimum atomic E-state index is -0.911. The standard InChI is InChI=1S/C24H30FN5O3/c1-4-24(22(32)30(14-15(2)3)23(33)28-24)16-9-11-29(12-10-16)21(31)8-7-20-26-18-6-5-17(25)13-19(18)27-20/h5-6,13,16H,2,4,7-12,14H2,1,3H3,(H,26,27)(H,28,33)/t24-/m1/s1. The largest absolute Gasteiger partial charge is 0.343 e. The lowest BCUT2D eigenvalue weighted by Crippen LogP contribution is -2.56. The summed E-state index contributed by atoms with van der Waals surface area (Å²) in [5.41, 5.74) is 1.13. The second-order valence-corrected chi connectivity index (χ2v) is 9.10. The number of piperidine rings is 1. The van der Waals surface area contributed by atoms with E-state index >= 15 is 0 Å². The third-order valence-electron chi connectivity index (χ3n) is 6.80. The van der Waals surface area contributed by atoms with Gasteiger partial charge in [0.05, 0.1) is 17.6 Å². The topological polar surface area (TPSA) is 98.4 Å². The smallest absolute Gasteiger partial charge is 0.325 e. The summed E-state index contributed by atoms with van der Waals surface area (Å²) in [5, 5.41) is 2.95. The Morgan fingerprint density at radius 1 is 1.30 bits per heavy atom. The molecular formula is C24H30FN5O3. The molecule has 9 heteroatoms. The van der Waals surface area contributed by atoms with E-state index in [-0.39, 0.29) is 36.1 Å². The molecule has 0 aliphatic carbocycles. The van der Waals surface area contributed by atoms with Gasteiger partial charge in [0.15, 0.2) is 0 Å². The van der Waals surface area contributed by atoms with E-state index in [1.54, 1.807) is 13.0 Å². The third kappa shape index (κ3) is 4.36. The van der Waals surface area contributed by atoms with Gasteiger partial charge in [0.1, 0.15) is 17.2 Å². The fraction of sp³-hybridized carbons (Fsp3) is 0.500. The van der Waals surface area contributed by atoms with Crippen molar-refractivity contribution in [1.29, 1.82) is 0 Å². The Kier molecular flexibility index (Phi) is 6.23. The van der Waals surface area contributed by atoms with Crippen molar-refractivity contribution in [2.75, 3.05) is 19.6 Å². The van der Waals surface area contributed by atoms with Crippen molar-refractivity contribution in [2.45, 2.75) is 51.5 Å². The maximum atomic E-state index is 13.4. The summed E-state index contributed by atoms with van der Waals surface area (Å²) >= 11 is 0. The fourth-order valence-corrected chi connectivity index (χ4v) is 5.02. The summed E-state index contributed by atoms with van der Waals surface area (Å²) < 4.78 is 13.4. The number of likely N-dealkylation sites (tertiary alicyclic amines) is 1. The average Bonchev–Trinajstić information content (AvgIpc) is 3.30. The predicted octanol–water partition coefficient (Wildman–Crippen LogP) is 3.15. The molecular weight excluding hydrogens is 425 g/mol. The van der Waals surface area contributed by atoms with Crippen molar-refractivity contribution in [1.82, 2.24) is 25.1 Å². The van der Waals surface area contributed by atoms with Crippen LogP contribution in [0.3, 0.4) is 0 Å². The number of urea groups is 1. The van der Waals surface area contributed by atoms with Crippen LogP contribution < -0.4 is 5.32 Å². The number of rotatable bonds is 7. The molecule has 0 bridgehead atoms. The number of carbonyl (C=O) groups is 3. The summed E-state index contributed by atoms with van der Waals surface area (Å²) in [5.74, 6) is 0.130. The van der Waals surface area contributed by atoms with Crippen LogP contribution in [0.15, 0.2) is 30.4 Å². The van der Waals surface area contributed by atoms with Crippen LogP contribution in [0.5, 0.6) is 0 Å². The number of aryl methyl sites for hydroxylation is 1. The van der Waals surface area contributed by atoms with Crippen LogP contribution in [0, 0.1) is 11.7 Å². The normalized spacial score (nSPS) is 21.7. The van der Waals surface area contributed by atoms with Crippen LogP contribution in [0.2, 0.25) is 0 Å². The number of carbonyl (C=O) groups excluding carboxylic acids is 3. The molecule has 4 amide bonds. The SMILES string of the molecule is C=C(C)CN1C(=O)N[C@](CC)(C2CCN(C(=O)CCc3nc4ccc(F)cc4[nH]3)CC2)C1=O. The van der Waals surface area contributed by atoms with E-state index in [1.807, 2.05) is 11.8 Å². The number of fused-ring (bicyclic) bond motifs is 1. The van der Waals surface area contributed by atoms with Gasteiger partial charge in [-0.2, -0.15) is 0 Å². The van der Waals surface area contributed by atoms with E-state index in [0.29, 0.717) is 62.1 Å². The molecule has 1 aromatic heterocycles. The molecule has 0 saturated carbocycles. The Bertz CT molecular complexity index is 1100. The molecule has 2 aliphatic rings. The van der Waals surface area contributed by atoms with E-state index in [2.05, 4.69) is 21.9 Å². The van der Waals surface area contributed by atoms with Gasteiger partial charge in [0, 0.05) is 25.9 Å². The Labute approximate surface area is 192 Å². The van der Waals surface area contributed by atoms with Gasteiger partial charge < -0.3 is 15.2 Å². The molecule has 2 aliphatic heterocycles. The molecule has 2 aromatic rings. The number of nitrogens with one attached hydrogen (secondary N) is 2. The van der Waals surface area contributed by atoms with Gasteiger partial charge in [-0.05, 0) is 50.3 Å². The first-order chi connectivity index (χ1) is 15.7. The van der Waals surface area contributed by atoms with Crippen LogP contribution in [0.4, 0.5) is 9.18 Å². The van der Waals surface area contributed by atoms with Crippen molar-refractivity contribution < 1.29 is 18.8 Å². The zero-order valence-electron chi connectivity index (χ0n) is 19.1. The molecule has 4 rings (SSSR count). The highest BCUT2D eigenvalue weighted by Crippen LogP contribution is 2.36. The number of imide groups is 1. The maximum Gasteiger partial charge on any atom is 0.325 e. The number of hydrogen-bond acceptors (Lipinski definition) is 4. The molecule has 33 heavy (non-hydrogen) atoms. The summed E-state index contributed by atoms with van der Waals surface area (Å²) in [4.78, 5) is 49.0. The van der Waals surface area contributed by atoms with Gasteiger partial charge in [-0.1, -0.05) is 19.1 Å². The number of aromatic nitrogens is 2. The zero-order valence-corrected chi connectivity index (χ0v) is 19.1. The summed E-state index contributed by atoms with van der Waals surface area (Å²) in [6, 6.07) is 4.00. The lowest BCUT2D eigenvalue weighted by atomic mass is 9.75. The van der Waals surface area contributed by atoms with Crippen LogP contribution in [0.25, 0.3) is 11.0 Å². The van der Waals surface area contributed by atoms with E-state index in [1.165, 1.54) is 17.0 Å². The maximum absolute atomic E-state index is 13.4. The first kappa shape index (κ1) is 22.9. The van der Waals surface area contributed by atoms with Gasteiger partial charge in [-0.25, -0.2) is 14.2 Å². The average molecular weight is 456 g/mol. The van der Waals surface area contributed by atoms with Crippen molar-refractivity contribution >= 4 is 28.9 Å². The molecule has 2 saturated heterocycles. The number of amides is 4. The molecule has 3 heterocycles. The Morgan fingerprint density at radius 2 is 2.03 bits per heavy atom. The first-order valence-electron chi connectivity index (χ1n) is 11.4. The van der Waals surface area contributed by atoms with Crippen LogP contribution in [-0.2, 0) is 16.0 Å². The van der Waals surface area contributed by atoms with E-state index in [4.69, 9.17) is 0 Å². The lowest BCUT2D eigenvalue weighted by molar-refractivity contribution is -0.136. The minimum absolute atomic E-state index is 0.0244. The number of benzene rings is 1. The molecule has 8 nitrogen and oxygen atoms in total. The van der Waals surface area contributed by atoms with E-state index in [0.717, 1.165) is 5.57 Å². The first-order valence-corrected chi connectivity index (χ1v) is 11.4. The van der Waals surface area contributed by atoms with E-state index < -0.39 is 5.54 Å². The number of nitrogens with zero attached hydrogens (tertiary/aromatic N) is 3. The zero-order chi connectivity index (χ0) is 23.8. The summed E-state index contributed by atoms with van der Waals surface area (Å²) in [6.07, 6.45) is 2.55.